The Balaban J connectivity index is 2.06. The molecule has 1 fully saturated rings. The fourth-order valence-corrected chi connectivity index (χ4v) is 1.66. The predicted octanol–water partition coefficient (Wildman–Crippen LogP) is 1.16. The molecule has 1 saturated heterocycles. The lowest BCUT2D eigenvalue weighted by Crippen LogP contribution is -2.35. The minimum Gasteiger partial charge on any atom is -0.300 e. The third-order valence-corrected chi connectivity index (χ3v) is 2.46. The predicted molar refractivity (Wildman–Crippen MR) is 55.8 cm³/mol. The number of nitrogens with one attached hydrogen (secondary N) is 1. The Morgan fingerprint density at radius 3 is 2.87 bits per heavy atom. The van der Waals surface area contributed by atoms with Crippen molar-refractivity contribution in [3.8, 4) is 6.07 Å². The Morgan fingerprint density at radius 1 is 1.33 bits per heavy atom. The molecule has 0 bridgehead atoms. The smallest absolute Gasteiger partial charge is 0.180 e. The summed E-state index contributed by atoms with van der Waals surface area (Å²) in [5, 5.41) is 18.7. The molecule has 1 aromatic rings. The molecule has 5 heteroatoms. The maximum absolute atomic E-state index is 8.87. The Hall–Kier alpha value is -1.67. The van der Waals surface area contributed by atoms with Gasteiger partial charge in [-0.15, -0.1) is 5.10 Å². The van der Waals surface area contributed by atoms with Gasteiger partial charge in [0.25, 0.3) is 0 Å². The highest BCUT2D eigenvalue weighted by Crippen LogP contribution is 2.13. The van der Waals surface area contributed by atoms with E-state index in [9.17, 15) is 0 Å². The minimum atomic E-state index is 0.538. The third-order valence-electron chi connectivity index (χ3n) is 2.46. The maximum atomic E-state index is 8.87. The van der Waals surface area contributed by atoms with E-state index in [1.807, 2.05) is 0 Å². The van der Waals surface area contributed by atoms with Crippen LogP contribution < -0.4 is 5.43 Å². The van der Waals surface area contributed by atoms with Crippen LogP contribution in [-0.2, 0) is 0 Å². The number of hydrogen-bond acceptors (Lipinski definition) is 5. The van der Waals surface area contributed by atoms with Crippen LogP contribution >= 0.6 is 0 Å². The highest BCUT2D eigenvalue weighted by molar-refractivity contribution is 5.49. The molecule has 1 aliphatic heterocycles. The molecule has 5 nitrogen and oxygen atoms in total. The molecule has 0 radical (unpaired) electrons. The van der Waals surface area contributed by atoms with E-state index < -0.39 is 0 Å². The van der Waals surface area contributed by atoms with Crippen molar-refractivity contribution >= 4 is 5.82 Å². The van der Waals surface area contributed by atoms with Gasteiger partial charge in [0.15, 0.2) is 5.82 Å². The molecule has 1 N–H and O–H groups in total. The molecule has 0 spiro atoms. The zero-order valence-corrected chi connectivity index (χ0v) is 8.48. The van der Waals surface area contributed by atoms with E-state index in [1.54, 1.807) is 6.07 Å². The number of piperidine rings is 1. The summed E-state index contributed by atoms with van der Waals surface area (Å²) in [5.41, 5.74) is 3.68. The van der Waals surface area contributed by atoms with Crippen molar-refractivity contribution in [2.24, 2.45) is 0 Å². The van der Waals surface area contributed by atoms with Crippen molar-refractivity contribution < 1.29 is 0 Å². The summed E-state index contributed by atoms with van der Waals surface area (Å²) >= 11 is 0. The van der Waals surface area contributed by atoms with Crippen molar-refractivity contribution in [1.82, 2.24) is 15.2 Å². The topological polar surface area (TPSA) is 64.8 Å². The van der Waals surface area contributed by atoms with Gasteiger partial charge in [-0.25, -0.2) is 5.01 Å². The average molecular weight is 203 g/mol. The Labute approximate surface area is 88.7 Å². The van der Waals surface area contributed by atoms with Gasteiger partial charge in [0.2, 0.25) is 0 Å². The SMILES string of the molecule is N#Cc1ccnnc1NN1CCCCC1. The molecule has 0 amide bonds. The second-order valence-electron chi connectivity index (χ2n) is 3.56. The lowest BCUT2D eigenvalue weighted by molar-refractivity contribution is 0.272. The van der Waals surface area contributed by atoms with Crippen LogP contribution in [0.4, 0.5) is 5.82 Å². The Kier molecular flexibility index (Phi) is 3.10. The number of hydrazine groups is 1. The van der Waals surface area contributed by atoms with Crippen LogP contribution in [-0.4, -0.2) is 28.3 Å². The Bertz CT molecular complexity index is 364. The minimum absolute atomic E-state index is 0.538. The molecule has 78 valence electrons. The molecule has 2 rings (SSSR count). The first-order valence-electron chi connectivity index (χ1n) is 5.13. The van der Waals surface area contributed by atoms with Gasteiger partial charge in [-0.05, 0) is 18.9 Å². The van der Waals surface area contributed by atoms with Gasteiger partial charge in [0.1, 0.15) is 6.07 Å². The molecule has 0 saturated carbocycles. The molecule has 0 aromatic carbocycles. The van der Waals surface area contributed by atoms with E-state index in [0.717, 1.165) is 13.1 Å². The average Bonchev–Trinajstić information content (AvgIpc) is 2.31. The number of anilines is 1. The Morgan fingerprint density at radius 2 is 2.13 bits per heavy atom. The molecule has 0 aliphatic carbocycles. The van der Waals surface area contributed by atoms with Gasteiger partial charge >= 0.3 is 0 Å². The van der Waals surface area contributed by atoms with E-state index in [0.29, 0.717) is 11.4 Å². The lowest BCUT2D eigenvalue weighted by atomic mass is 10.2. The standard InChI is InChI=1S/C10H13N5/c11-8-9-4-5-12-13-10(9)14-15-6-2-1-3-7-15/h4-5H,1-3,6-7H2,(H,13,14). The highest BCUT2D eigenvalue weighted by Gasteiger charge is 2.12. The molecule has 0 unspecified atom stereocenters. The summed E-state index contributed by atoms with van der Waals surface area (Å²) in [6.45, 7) is 2.00. The van der Waals surface area contributed by atoms with Gasteiger partial charge < -0.3 is 5.43 Å². The monoisotopic (exact) mass is 203 g/mol. The van der Waals surface area contributed by atoms with Crippen molar-refractivity contribution in [1.29, 1.82) is 5.26 Å². The van der Waals surface area contributed by atoms with Gasteiger partial charge in [-0.1, -0.05) is 6.42 Å². The molecule has 1 aliphatic rings. The molecular formula is C10H13N5. The van der Waals surface area contributed by atoms with E-state index in [2.05, 4.69) is 26.7 Å². The summed E-state index contributed by atoms with van der Waals surface area (Å²) < 4.78 is 0. The quantitative estimate of drug-likeness (QED) is 0.781. The summed E-state index contributed by atoms with van der Waals surface area (Å²) in [5.74, 6) is 0.557. The molecule has 2 heterocycles. The number of nitriles is 1. The first kappa shape index (κ1) is 9.87. The molecule has 0 atom stereocenters. The van der Waals surface area contributed by atoms with E-state index in [4.69, 9.17) is 5.26 Å². The van der Waals surface area contributed by atoms with Crippen LogP contribution in [0.2, 0.25) is 0 Å². The van der Waals surface area contributed by atoms with Crippen molar-refractivity contribution in [2.45, 2.75) is 19.3 Å². The first-order valence-corrected chi connectivity index (χ1v) is 5.13. The van der Waals surface area contributed by atoms with Gasteiger partial charge in [-0.3, -0.25) is 0 Å². The maximum Gasteiger partial charge on any atom is 0.180 e. The summed E-state index contributed by atoms with van der Waals surface area (Å²) in [4.78, 5) is 0. The van der Waals surface area contributed by atoms with E-state index >= 15 is 0 Å². The van der Waals surface area contributed by atoms with Crippen molar-refractivity contribution in [3.63, 3.8) is 0 Å². The summed E-state index contributed by atoms with van der Waals surface area (Å²) in [7, 11) is 0. The van der Waals surface area contributed by atoms with Crippen LogP contribution in [0.25, 0.3) is 0 Å². The van der Waals surface area contributed by atoms with Crippen LogP contribution in [0.15, 0.2) is 12.3 Å². The largest absolute Gasteiger partial charge is 0.300 e. The van der Waals surface area contributed by atoms with E-state index in [-0.39, 0.29) is 0 Å². The van der Waals surface area contributed by atoms with Gasteiger partial charge in [0, 0.05) is 13.1 Å². The van der Waals surface area contributed by atoms with Crippen molar-refractivity contribution in [3.05, 3.63) is 17.8 Å². The fraction of sp³-hybridized carbons (Fsp3) is 0.500. The molecule has 15 heavy (non-hydrogen) atoms. The fourth-order valence-electron chi connectivity index (χ4n) is 1.66. The molecular weight excluding hydrogens is 190 g/mol. The molecule has 1 aromatic heterocycles. The van der Waals surface area contributed by atoms with E-state index in [1.165, 1.54) is 25.5 Å². The van der Waals surface area contributed by atoms with Gasteiger partial charge in [0.05, 0.1) is 11.8 Å². The van der Waals surface area contributed by atoms with Crippen LogP contribution in [0, 0.1) is 11.3 Å². The number of hydrogen-bond donors (Lipinski definition) is 1. The second-order valence-corrected chi connectivity index (χ2v) is 3.56. The van der Waals surface area contributed by atoms with Crippen molar-refractivity contribution in [2.75, 3.05) is 18.5 Å². The third kappa shape index (κ3) is 2.42. The normalized spacial score (nSPS) is 17.0. The number of aromatic nitrogens is 2. The van der Waals surface area contributed by atoms with Crippen LogP contribution in [0.3, 0.4) is 0 Å². The summed E-state index contributed by atoms with van der Waals surface area (Å²) in [6, 6.07) is 3.76. The second kappa shape index (κ2) is 4.71. The number of rotatable bonds is 2. The van der Waals surface area contributed by atoms with Crippen LogP contribution in [0.1, 0.15) is 24.8 Å². The summed E-state index contributed by atoms with van der Waals surface area (Å²) in [6.07, 6.45) is 5.19. The highest BCUT2D eigenvalue weighted by atomic mass is 15.5. The lowest BCUT2D eigenvalue weighted by Gasteiger charge is -2.27. The zero-order valence-electron chi connectivity index (χ0n) is 8.48. The number of nitrogens with zero attached hydrogens (tertiary/aromatic N) is 4. The van der Waals surface area contributed by atoms with Crippen LogP contribution in [0.5, 0.6) is 0 Å². The first-order chi connectivity index (χ1) is 7.40. The zero-order chi connectivity index (χ0) is 10.5. The van der Waals surface area contributed by atoms with Gasteiger partial charge in [-0.2, -0.15) is 10.4 Å².